The van der Waals surface area contributed by atoms with E-state index >= 15 is 0 Å². The number of imidazole rings is 1. The number of H-pyrrole nitrogens is 1. The van der Waals surface area contributed by atoms with Gasteiger partial charge in [-0.15, -0.1) is 11.3 Å². The Morgan fingerprint density at radius 2 is 2.35 bits per heavy atom. The molecule has 2 aromatic heterocycles. The van der Waals surface area contributed by atoms with E-state index in [1.807, 2.05) is 6.92 Å². The minimum Gasteiger partial charge on any atom is -0.480 e. The summed E-state index contributed by atoms with van der Waals surface area (Å²) in [7, 11) is 0. The van der Waals surface area contributed by atoms with Crippen LogP contribution in [-0.2, 0) is 11.2 Å². The number of thiophene rings is 1. The first-order valence-electron chi connectivity index (χ1n) is 5.74. The smallest absolute Gasteiger partial charge is 0.326 e. The van der Waals surface area contributed by atoms with E-state index < -0.39 is 17.9 Å². The number of carboxylic acid groups (broad SMARTS) is 1. The van der Waals surface area contributed by atoms with Crippen LogP contribution in [0.1, 0.15) is 20.9 Å². The van der Waals surface area contributed by atoms with E-state index in [9.17, 15) is 14.7 Å². The highest BCUT2D eigenvalue weighted by molar-refractivity contribution is 9.11. The van der Waals surface area contributed by atoms with Crippen LogP contribution < -0.4 is 5.32 Å². The molecule has 2 aromatic rings. The maximum absolute atomic E-state index is 12.0. The number of aliphatic carboxylic acids is 1. The third-order valence-electron chi connectivity index (χ3n) is 2.66. The normalized spacial score (nSPS) is 12.1. The zero-order chi connectivity index (χ0) is 14.7. The number of carbonyl (C=O) groups is 2. The highest BCUT2D eigenvalue weighted by Gasteiger charge is 2.22. The van der Waals surface area contributed by atoms with Gasteiger partial charge < -0.3 is 15.4 Å². The Morgan fingerprint density at radius 3 is 2.85 bits per heavy atom. The zero-order valence-corrected chi connectivity index (χ0v) is 12.9. The van der Waals surface area contributed by atoms with E-state index in [0.717, 1.165) is 9.35 Å². The lowest BCUT2D eigenvalue weighted by Crippen LogP contribution is -2.42. The molecule has 0 radical (unpaired) electrons. The van der Waals surface area contributed by atoms with Gasteiger partial charge in [-0.3, -0.25) is 4.79 Å². The summed E-state index contributed by atoms with van der Waals surface area (Å²) < 4.78 is 0.864. The Morgan fingerprint density at radius 1 is 1.60 bits per heavy atom. The van der Waals surface area contributed by atoms with Gasteiger partial charge in [0.1, 0.15) is 6.04 Å². The lowest BCUT2D eigenvalue weighted by atomic mass is 10.1. The molecule has 6 nitrogen and oxygen atoms in total. The predicted molar refractivity (Wildman–Crippen MR) is 77.9 cm³/mol. The fourth-order valence-corrected chi connectivity index (χ4v) is 3.06. The van der Waals surface area contributed by atoms with Gasteiger partial charge in [0.05, 0.1) is 15.0 Å². The van der Waals surface area contributed by atoms with Gasteiger partial charge in [-0.2, -0.15) is 0 Å². The van der Waals surface area contributed by atoms with Crippen LogP contribution in [0.4, 0.5) is 0 Å². The molecule has 0 unspecified atom stereocenters. The first kappa shape index (κ1) is 14.7. The summed E-state index contributed by atoms with van der Waals surface area (Å²) in [6, 6.07) is 0.725. The van der Waals surface area contributed by atoms with E-state index in [1.165, 1.54) is 23.9 Å². The van der Waals surface area contributed by atoms with E-state index in [4.69, 9.17) is 0 Å². The first-order valence-corrected chi connectivity index (χ1v) is 7.35. The molecule has 0 fully saturated rings. The number of amides is 1. The van der Waals surface area contributed by atoms with Crippen LogP contribution in [0.2, 0.25) is 0 Å². The highest BCUT2D eigenvalue weighted by atomic mass is 79.9. The van der Waals surface area contributed by atoms with Crippen LogP contribution in [0, 0.1) is 6.92 Å². The van der Waals surface area contributed by atoms with E-state index in [2.05, 4.69) is 31.2 Å². The number of aromatic amines is 1. The summed E-state index contributed by atoms with van der Waals surface area (Å²) >= 11 is 4.61. The Bertz CT molecular complexity index is 604. The molecule has 0 aliphatic rings. The second-order valence-corrected chi connectivity index (χ2v) is 6.58. The number of nitrogens with zero attached hydrogens (tertiary/aromatic N) is 1. The number of carboxylic acids is 1. The summed E-state index contributed by atoms with van der Waals surface area (Å²) in [5.74, 6) is -1.48. The molecule has 0 bridgehead atoms. The molecule has 0 aliphatic heterocycles. The van der Waals surface area contributed by atoms with Gasteiger partial charge in [-0.05, 0) is 34.5 Å². The molecule has 0 aliphatic carbocycles. The first-order chi connectivity index (χ1) is 9.47. The molecule has 20 heavy (non-hydrogen) atoms. The van der Waals surface area contributed by atoms with Crippen molar-refractivity contribution in [3.05, 3.63) is 38.5 Å². The number of nitrogens with one attached hydrogen (secondary N) is 2. The average Bonchev–Trinajstić information content (AvgIpc) is 2.99. The Kier molecular flexibility index (Phi) is 4.56. The third kappa shape index (κ3) is 3.45. The third-order valence-corrected chi connectivity index (χ3v) is 4.80. The molecule has 3 N–H and O–H groups in total. The molecule has 106 valence electrons. The van der Waals surface area contributed by atoms with Crippen molar-refractivity contribution in [3.63, 3.8) is 0 Å². The van der Waals surface area contributed by atoms with Crippen molar-refractivity contribution in [3.8, 4) is 0 Å². The van der Waals surface area contributed by atoms with Crippen LogP contribution in [0.5, 0.6) is 0 Å². The fourth-order valence-electron chi connectivity index (χ4n) is 1.62. The SMILES string of the molecule is Cc1cc(C(=O)N[C@H](Cc2cnc[nH]2)C(=O)O)sc1Br. The number of carbonyl (C=O) groups excluding carboxylic acids is 1. The van der Waals surface area contributed by atoms with Gasteiger partial charge in [-0.25, -0.2) is 9.78 Å². The zero-order valence-electron chi connectivity index (χ0n) is 10.5. The van der Waals surface area contributed by atoms with Gasteiger partial charge in [0.15, 0.2) is 0 Å². The van der Waals surface area contributed by atoms with E-state index in [-0.39, 0.29) is 6.42 Å². The predicted octanol–water partition coefficient (Wildman–Crippen LogP) is 1.97. The Hall–Kier alpha value is -1.67. The molecule has 0 saturated carbocycles. The molecule has 8 heteroatoms. The molecular formula is C12H12BrN3O3S. The van der Waals surface area contributed by atoms with Crippen molar-refractivity contribution in [1.82, 2.24) is 15.3 Å². The molecule has 2 rings (SSSR count). The second kappa shape index (κ2) is 6.19. The van der Waals surface area contributed by atoms with Crippen LogP contribution in [0.3, 0.4) is 0 Å². The average molecular weight is 358 g/mol. The second-order valence-electron chi connectivity index (χ2n) is 4.21. The van der Waals surface area contributed by atoms with Crippen LogP contribution in [0.15, 0.2) is 22.4 Å². The van der Waals surface area contributed by atoms with Gasteiger partial charge in [-0.1, -0.05) is 0 Å². The van der Waals surface area contributed by atoms with Gasteiger partial charge in [0.25, 0.3) is 5.91 Å². The molecule has 0 saturated heterocycles. The van der Waals surface area contributed by atoms with E-state index in [1.54, 1.807) is 6.07 Å². The number of hydrogen-bond donors (Lipinski definition) is 3. The molecule has 1 amide bonds. The maximum atomic E-state index is 12.0. The summed E-state index contributed by atoms with van der Waals surface area (Å²) in [6.45, 7) is 1.87. The summed E-state index contributed by atoms with van der Waals surface area (Å²) in [6.07, 6.45) is 3.16. The number of rotatable bonds is 5. The standard InChI is InChI=1S/C12H12BrN3O3S/c1-6-2-9(20-10(6)13)11(17)16-8(12(18)19)3-7-4-14-5-15-7/h2,4-5,8H,3H2,1H3,(H,14,15)(H,16,17)(H,18,19)/t8-/m1/s1. The van der Waals surface area contributed by atoms with Crippen molar-refractivity contribution >= 4 is 39.1 Å². The van der Waals surface area contributed by atoms with Crippen molar-refractivity contribution in [2.75, 3.05) is 0 Å². The minimum absolute atomic E-state index is 0.159. The topological polar surface area (TPSA) is 95.1 Å². The lowest BCUT2D eigenvalue weighted by Gasteiger charge is -2.12. The van der Waals surface area contributed by atoms with Crippen molar-refractivity contribution in [1.29, 1.82) is 0 Å². The van der Waals surface area contributed by atoms with Crippen molar-refractivity contribution in [2.45, 2.75) is 19.4 Å². The Balaban J connectivity index is 2.08. The molecule has 0 aromatic carbocycles. The van der Waals surface area contributed by atoms with Crippen LogP contribution in [-0.4, -0.2) is 33.0 Å². The van der Waals surface area contributed by atoms with Crippen LogP contribution >= 0.6 is 27.3 Å². The summed E-state index contributed by atoms with van der Waals surface area (Å²) in [5, 5.41) is 11.7. The Labute approximate surface area is 127 Å². The number of halogens is 1. The monoisotopic (exact) mass is 357 g/mol. The number of aromatic nitrogens is 2. The van der Waals surface area contributed by atoms with Crippen molar-refractivity contribution in [2.24, 2.45) is 0 Å². The lowest BCUT2D eigenvalue weighted by molar-refractivity contribution is -0.139. The molecular weight excluding hydrogens is 346 g/mol. The van der Waals surface area contributed by atoms with Gasteiger partial charge >= 0.3 is 5.97 Å². The quantitative estimate of drug-likeness (QED) is 0.762. The minimum atomic E-state index is -1.08. The van der Waals surface area contributed by atoms with Gasteiger partial charge in [0.2, 0.25) is 0 Å². The summed E-state index contributed by atoms with van der Waals surface area (Å²) in [4.78, 5) is 30.4. The molecule has 2 heterocycles. The van der Waals surface area contributed by atoms with Gasteiger partial charge in [0, 0.05) is 18.3 Å². The maximum Gasteiger partial charge on any atom is 0.326 e. The summed E-state index contributed by atoms with van der Waals surface area (Å²) in [5.41, 5.74) is 1.60. The number of aryl methyl sites for hydroxylation is 1. The fraction of sp³-hybridized carbons (Fsp3) is 0.250. The van der Waals surface area contributed by atoms with Crippen molar-refractivity contribution < 1.29 is 14.7 Å². The number of hydrogen-bond acceptors (Lipinski definition) is 4. The molecule has 1 atom stereocenters. The van der Waals surface area contributed by atoms with E-state index in [0.29, 0.717) is 10.6 Å². The highest BCUT2D eigenvalue weighted by Crippen LogP contribution is 2.27. The van der Waals surface area contributed by atoms with Crippen LogP contribution in [0.25, 0.3) is 0 Å². The molecule has 0 spiro atoms. The largest absolute Gasteiger partial charge is 0.480 e.